The van der Waals surface area contributed by atoms with Crippen molar-refractivity contribution in [3.05, 3.63) is 75.0 Å². The molecule has 1 aliphatic rings. The zero-order chi connectivity index (χ0) is 21.8. The minimum Gasteiger partial charge on any atom is -0.323 e. The van der Waals surface area contributed by atoms with Crippen LogP contribution in [0.4, 0.5) is 5.69 Å². The summed E-state index contributed by atoms with van der Waals surface area (Å²) in [5.74, 6) is 6.31. The molecule has 6 nitrogen and oxygen atoms in total. The molecule has 1 aromatic heterocycles. The number of H-pyrrole nitrogens is 1. The van der Waals surface area contributed by atoms with E-state index in [1.807, 2.05) is 12.1 Å². The van der Waals surface area contributed by atoms with Crippen LogP contribution in [0, 0.1) is 5.92 Å². The molecule has 3 aromatic rings. The Kier molecular flexibility index (Phi) is 6.49. The molecule has 2 aromatic carbocycles. The number of halogens is 1. The van der Waals surface area contributed by atoms with Gasteiger partial charge in [0.05, 0.1) is 17.5 Å². The summed E-state index contributed by atoms with van der Waals surface area (Å²) in [5, 5.41) is 5.16. The van der Waals surface area contributed by atoms with Gasteiger partial charge in [-0.3, -0.25) is 9.79 Å². The van der Waals surface area contributed by atoms with Crippen LogP contribution in [-0.4, -0.2) is 41.9 Å². The Labute approximate surface area is 186 Å². The second kappa shape index (κ2) is 9.45. The van der Waals surface area contributed by atoms with E-state index in [0.717, 1.165) is 23.4 Å². The first-order valence-corrected chi connectivity index (χ1v) is 10.8. The number of aromatic nitrogens is 1. The molecule has 0 aliphatic carbocycles. The number of rotatable bonds is 5. The number of benzene rings is 2. The highest BCUT2D eigenvalue weighted by Crippen LogP contribution is 2.22. The van der Waals surface area contributed by atoms with Crippen molar-refractivity contribution in [2.45, 2.75) is 19.3 Å². The molecule has 0 spiro atoms. The molecule has 0 atom stereocenters. The lowest BCUT2D eigenvalue weighted by molar-refractivity contribution is 0.219. The van der Waals surface area contributed by atoms with Gasteiger partial charge in [0, 0.05) is 15.9 Å². The van der Waals surface area contributed by atoms with E-state index < -0.39 is 0 Å². The lowest BCUT2D eigenvalue weighted by Crippen LogP contribution is -2.30. The summed E-state index contributed by atoms with van der Waals surface area (Å²) in [5.41, 5.74) is 3.18. The van der Waals surface area contributed by atoms with Crippen LogP contribution in [0.1, 0.15) is 24.0 Å². The van der Waals surface area contributed by atoms with Gasteiger partial charge in [0.15, 0.2) is 0 Å². The van der Waals surface area contributed by atoms with Gasteiger partial charge < -0.3 is 15.7 Å². The predicted molar refractivity (Wildman–Crippen MR) is 129 cm³/mol. The number of nitrogens with zero attached hydrogens (tertiary/aromatic N) is 3. The largest absolute Gasteiger partial charge is 0.323 e. The quantitative estimate of drug-likeness (QED) is 0.359. The maximum atomic E-state index is 12.5. The van der Waals surface area contributed by atoms with E-state index in [9.17, 15) is 4.79 Å². The minimum absolute atomic E-state index is 0.279. The first-order chi connectivity index (χ1) is 15.0. The average Bonchev–Trinajstić information content (AvgIpc) is 2.77. The van der Waals surface area contributed by atoms with Gasteiger partial charge in [0.25, 0.3) is 5.56 Å². The zero-order valence-corrected chi connectivity index (χ0v) is 18.3. The van der Waals surface area contributed by atoms with E-state index in [2.05, 4.69) is 39.2 Å². The summed E-state index contributed by atoms with van der Waals surface area (Å²) in [4.78, 5) is 22.2. The number of hydrogen-bond donors (Lipinski definition) is 2. The van der Waals surface area contributed by atoms with E-state index in [0.29, 0.717) is 21.8 Å². The number of piperidine rings is 1. The molecule has 1 aliphatic heterocycles. The second-order valence-electron chi connectivity index (χ2n) is 8.13. The third kappa shape index (κ3) is 5.21. The molecule has 0 saturated carbocycles. The second-order valence-corrected chi connectivity index (χ2v) is 8.57. The number of aromatic amines is 1. The summed E-state index contributed by atoms with van der Waals surface area (Å²) in [7, 11) is 2.18. The Morgan fingerprint density at radius 3 is 2.65 bits per heavy atom. The van der Waals surface area contributed by atoms with Crippen LogP contribution in [-0.2, 0) is 6.42 Å². The van der Waals surface area contributed by atoms with Crippen LogP contribution in [0.2, 0.25) is 5.02 Å². The minimum atomic E-state index is -0.279. The number of fused-ring (bicyclic) bond motifs is 1. The van der Waals surface area contributed by atoms with Crippen molar-refractivity contribution in [3.63, 3.8) is 0 Å². The highest BCUT2D eigenvalue weighted by molar-refractivity contribution is 6.38. The van der Waals surface area contributed by atoms with Gasteiger partial charge in [-0.2, -0.15) is 5.10 Å². The Morgan fingerprint density at radius 1 is 1.19 bits per heavy atom. The summed E-state index contributed by atoms with van der Waals surface area (Å²) < 4.78 is 0. The van der Waals surface area contributed by atoms with E-state index in [4.69, 9.17) is 17.4 Å². The van der Waals surface area contributed by atoms with Crippen LogP contribution in [0.5, 0.6) is 0 Å². The van der Waals surface area contributed by atoms with Gasteiger partial charge in [-0.25, -0.2) is 0 Å². The summed E-state index contributed by atoms with van der Waals surface area (Å²) >= 11 is 6.07. The van der Waals surface area contributed by atoms with Crippen molar-refractivity contribution in [1.29, 1.82) is 0 Å². The third-order valence-electron chi connectivity index (χ3n) is 5.86. The Hall–Kier alpha value is -2.96. The normalized spacial score (nSPS) is 16.4. The van der Waals surface area contributed by atoms with Crippen LogP contribution in [0.25, 0.3) is 10.9 Å². The van der Waals surface area contributed by atoms with E-state index in [-0.39, 0.29) is 5.56 Å². The van der Waals surface area contributed by atoms with E-state index in [1.165, 1.54) is 37.7 Å². The number of hydrogen-bond acceptors (Lipinski definition) is 5. The number of pyridine rings is 1. The van der Waals surface area contributed by atoms with Crippen LogP contribution in [0.3, 0.4) is 0 Å². The highest BCUT2D eigenvalue weighted by atomic mass is 35.5. The first kappa shape index (κ1) is 21.3. The highest BCUT2D eigenvalue weighted by Gasteiger charge is 2.16. The van der Waals surface area contributed by atoms with E-state index in [1.54, 1.807) is 24.3 Å². The number of nitrogens with two attached hydrogens (primary N) is 1. The van der Waals surface area contributed by atoms with Gasteiger partial charge in [0.2, 0.25) is 0 Å². The molecule has 160 valence electrons. The maximum Gasteiger partial charge on any atom is 0.258 e. The summed E-state index contributed by atoms with van der Waals surface area (Å²) in [6, 6.07) is 15.2. The molecule has 0 radical (unpaired) electrons. The molecule has 0 amide bonds. The van der Waals surface area contributed by atoms with Crippen molar-refractivity contribution in [3.8, 4) is 0 Å². The average molecular weight is 436 g/mol. The zero-order valence-electron chi connectivity index (χ0n) is 17.5. The lowest BCUT2D eigenvalue weighted by atomic mass is 9.90. The van der Waals surface area contributed by atoms with Crippen LogP contribution >= 0.6 is 11.6 Å². The van der Waals surface area contributed by atoms with Crippen LogP contribution < -0.4 is 11.4 Å². The number of aliphatic imine (C=N–C) groups is 1. The maximum absolute atomic E-state index is 12.5. The van der Waals surface area contributed by atoms with Crippen molar-refractivity contribution < 1.29 is 0 Å². The molecule has 1 fully saturated rings. The van der Waals surface area contributed by atoms with Crippen molar-refractivity contribution in [1.82, 2.24) is 9.88 Å². The Morgan fingerprint density at radius 2 is 1.94 bits per heavy atom. The van der Waals surface area contributed by atoms with Gasteiger partial charge in [-0.05, 0) is 87.3 Å². The van der Waals surface area contributed by atoms with Gasteiger partial charge in [0.1, 0.15) is 5.71 Å². The smallest absolute Gasteiger partial charge is 0.258 e. The monoisotopic (exact) mass is 435 g/mol. The van der Waals surface area contributed by atoms with Gasteiger partial charge in [-0.1, -0.05) is 23.7 Å². The van der Waals surface area contributed by atoms with Gasteiger partial charge >= 0.3 is 0 Å². The van der Waals surface area contributed by atoms with E-state index >= 15 is 0 Å². The standard InChI is InChI=1S/C24H26ClN5O/c1-30-10-8-17(9-11-30)12-16-2-5-20(6-3-16)27-15-23(29-26)21-14-18-13-19(25)4-7-22(18)28-24(21)31/h2-7,13-15,17H,8-12,26H2,1H3,(H,28,31). The molecule has 4 rings (SSSR count). The summed E-state index contributed by atoms with van der Waals surface area (Å²) in [6.07, 6.45) is 5.12. The van der Waals surface area contributed by atoms with Crippen molar-refractivity contribution in [2.75, 3.05) is 20.1 Å². The SMILES string of the molecule is CN1CCC(Cc2ccc(N=CC(=NN)c3cc4cc(Cl)ccc4[nH]c3=O)cc2)CC1. The Bertz CT molecular complexity index is 1170. The fourth-order valence-electron chi connectivity index (χ4n) is 3.99. The lowest BCUT2D eigenvalue weighted by Gasteiger charge is -2.28. The fraction of sp³-hybridized carbons (Fsp3) is 0.292. The molecule has 1 saturated heterocycles. The molecular weight excluding hydrogens is 410 g/mol. The molecule has 3 N–H and O–H groups in total. The molecule has 7 heteroatoms. The fourth-order valence-corrected chi connectivity index (χ4v) is 4.17. The molecular formula is C24H26ClN5O. The molecule has 0 bridgehead atoms. The number of likely N-dealkylation sites (tertiary alicyclic amines) is 1. The number of nitrogens with one attached hydrogen (secondary N) is 1. The molecule has 2 heterocycles. The Balaban J connectivity index is 1.49. The van der Waals surface area contributed by atoms with Crippen molar-refractivity contribution >= 4 is 40.1 Å². The van der Waals surface area contributed by atoms with Crippen molar-refractivity contribution in [2.24, 2.45) is 21.9 Å². The third-order valence-corrected chi connectivity index (χ3v) is 6.09. The van der Waals surface area contributed by atoms with Gasteiger partial charge in [-0.15, -0.1) is 0 Å². The van der Waals surface area contributed by atoms with Crippen LogP contribution in [0.15, 0.2) is 63.4 Å². The number of hydrazone groups is 1. The molecule has 31 heavy (non-hydrogen) atoms. The topological polar surface area (TPSA) is 86.8 Å². The molecule has 0 unspecified atom stereocenters. The summed E-state index contributed by atoms with van der Waals surface area (Å²) in [6.45, 7) is 2.35. The predicted octanol–water partition coefficient (Wildman–Crippen LogP) is 4.13. The first-order valence-electron chi connectivity index (χ1n) is 10.4.